The highest BCUT2D eigenvalue weighted by Gasteiger charge is 2.42. The molecule has 3 aliphatic heterocycles. The number of ether oxygens (including phenoxy) is 1. The predicted molar refractivity (Wildman–Crippen MR) is 110 cm³/mol. The molecule has 0 amide bonds. The van der Waals surface area contributed by atoms with E-state index in [0.717, 1.165) is 26.2 Å². The van der Waals surface area contributed by atoms with Gasteiger partial charge in [0.15, 0.2) is 0 Å². The number of hydrogen-bond acceptors (Lipinski definition) is 3. The second kappa shape index (κ2) is 9.32. The Morgan fingerprint density at radius 2 is 1.41 bits per heavy atom. The molecule has 142 valence electrons. The number of nitrogens with zero attached hydrogens (tertiary/aromatic N) is 2. The molecule has 3 aliphatic rings. The summed E-state index contributed by atoms with van der Waals surface area (Å²) < 4.78 is 5.50. The van der Waals surface area contributed by atoms with Crippen LogP contribution in [0.3, 0.4) is 0 Å². The topological polar surface area (TPSA) is 19.0 Å². The molecular formula is C24H30N2O. The molecular weight excluding hydrogens is 332 g/mol. The van der Waals surface area contributed by atoms with Gasteiger partial charge in [0.05, 0.1) is 12.2 Å². The van der Waals surface area contributed by atoms with Crippen LogP contribution in [-0.2, 0) is 17.8 Å². The highest BCUT2D eigenvalue weighted by atomic mass is 16.6. The zero-order chi connectivity index (χ0) is 18.3. The highest BCUT2D eigenvalue weighted by Crippen LogP contribution is 2.31. The van der Waals surface area contributed by atoms with Crippen LogP contribution in [0, 0.1) is 0 Å². The van der Waals surface area contributed by atoms with Crippen LogP contribution in [0.2, 0.25) is 0 Å². The number of likely N-dealkylation sites (tertiary alicyclic amines) is 1. The van der Waals surface area contributed by atoms with Crippen molar-refractivity contribution in [2.24, 2.45) is 0 Å². The number of hydrogen-bond donors (Lipinski definition) is 0. The average Bonchev–Trinajstić information content (AvgIpc) is 3.50. The van der Waals surface area contributed by atoms with Crippen LogP contribution >= 0.6 is 0 Å². The fourth-order valence-electron chi connectivity index (χ4n) is 3.91. The van der Waals surface area contributed by atoms with E-state index in [1.807, 2.05) is 0 Å². The maximum Gasteiger partial charge on any atom is 0.0969 e. The van der Waals surface area contributed by atoms with E-state index in [1.165, 1.54) is 37.1 Å². The Balaban J connectivity index is 0.000000134. The van der Waals surface area contributed by atoms with Crippen molar-refractivity contribution in [3.63, 3.8) is 0 Å². The van der Waals surface area contributed by atoms with Gasteiger partial charge in [0.2, 0.25) is 0 Å². The molecule has 2 saturated heterocycles. The van der Waals surface area contributed by atoms with Crippen LogP contribution in [0.5, 0.6) is 0 Å². The molecule has 0 aromatic heterocycles. The second-order valence-corrected chi connectivity index (χ2v) is 7.70. The predicted octanol–water partition coefficient (Wildman–Crippen LogP) is 4.11. The van der Waals surface area contributed by atoms with E-state index in [1.54, 1.807) is 0 Å². The van der Waals surface area contributed by atoms with E-state index < -0.39 is 0 Å². The van der Waals surface area contributed by atoms with Crippen LogP contribution in [0.1, 0.15) is 24.0 Å². The van der Waals surface area contributed by atoms with Gasteiger partial charge in [-0.1, -0.05) is 72.8 Å². The molecule has 27 heavy (non-hydrogen) atoms. The normalized spacial score (nSPS) is 24.6. The Kier molecular flexibility index (Phi) is 6.36. The maximum absolute atomic E-state index is 5.50. The lowest BCUT2D eigenvalue weighted by molar-refractivity contribution is 0.237. The van der Waals surface area contributed by atoms with Gasteiger partial charge >= 0.3 is 0 Å². The summed E-state index contributed by atoms with van der Waals surface area (Å²) in [5.74, 6) is 0. The van der Waals surface area contributed by atoms with Crippen LogP contribution in [0.15, 0.2) is 72.8 Å². The molecule has 5 rings (SSSR count). The van der Waals surface area contributed by atoms with Crippen molar-refractivity contribution in [1.29, 1.82) is 0 Å². The molecule has 2 fully saturated rings. The summed E-state index contributed by atoms with van der Waals surface area (Å²) in [5, 5.41) is 0. The standard InChI is InChI=1S/C12H15NO.C12H15N/c1-2-4-10(5-3-1)8-13-7-6-11-12(9-13)14-11;1-3-7-12(8-4-1)11-13-9-5-2-6-10-13/h1-5,11-12H,6-9H2;1-5,7-8H,6,9-11H2. The Morgan fingerprint density at radius 1 is 0.741 bits per heavy atom. The molecule has 3 nitrogen and oxygen atoms in total. The first-order valence-electron chi connectivity index (χ1n) is 10.2. The molecule has 0 spiro atoms. The van der Waals surface area contributed by atoms with Gasteiger partial charge in [-0.25, -0.2) is 0 Å². The van der Waals surface area contributed by atoms with Gasteiger partial charge in [0.1, 0.15) is 0 Å². The third kappa shape index (κ3) is 5.77. The molecule has 0 saturated carbocycles. The van der Waals surface area contributed by atoms with E-state index in [4.69, 9.17) is 4.74 Å². The van der Waals surface area contributed by atoms with Gasteiger partial charge in [0.25, 0.3) is 0 Å². The molecule has 2 aromatic carbocycles. The van der Waals surface area contributed by atoms with Crippen molar-refractivity contribution in [1.82, 2.24) is 9.80 Å². The Bertz CT molecular complexity index is 716. The fourth-order valence-corrected chi connectivity index (χ4v) is 3.91. The molecule has 3 heterocycles. The SMILES string of the molecule is C1=CCN(Cc2ccccc2)CC1.c1ccc(CN2CCC3OC3C2)cc1. The summed E-state index contributed by atoms with van der Waals surface area (Å²) >= 11 is 0. The molecule has 0 bridgehead atoms. The Hall–Kier alpha value is -1.94. The van der Waals surface area contributed by atoms with E-state index in [-0.39, 0.29) is 0 Å². The van der Waals surface area contributed by atoms with Gasteiger partial charge in [0, 0.05) is 39.3 Å². The average molecular weight is 363 g/mol. The minimum Gasteiger partial charge on any atom is -0.368 e. The number of fused-ring (bicyclic) bond motifs is 1. The summed E-state index contributed by atoms with van der Waals surface area (Å²) in [4.78, 5) is 4.96. The van der Waals surface area contributed by atoms with Crippen molar-refractivity contribution >= 4 is 0 Å². The quantitative estimate of drug-likeness (QED) is 0.603. The zero-order valence-corrected chi connectivity index (χ0v) is 16.0. The van der Waals surface area contributed by atoms with Crippen LogP contribution in [0.25, 0.3) is 0 Å². The minimum atomic E-state index is 0.549. The Morgan fingerprint density at radius 3 is 2.00 bits per heavy atom. The molecule has 0 aliphatic carbocycles. The van der Waals surface area contributed by atoms with E-state index in [0.29, 0.717) is 12.2 Å². The van der Waals surface area contributed by atoms with E-state index in [9.17, 15) is 0 Å². The molecule has 2 aromatic rings. The largest absolute Gasteiger partial charge is 0.368 e. The van der Waals surface area contributed by atoms with Crippen molar-refractivity contribution < 1.29 is 4.74 Å². The first-order chi connectivity index (χ1) is 13.4. The monoisotopic (exact) mass is 362 g/mol. The minimum absolute atomic E-state index is 0.549. The Labute approximate surface area is 163 Å². The summed E-state index contributed by atoms with van der Waals surface area (Å²) in [6.07, 6.45) is 8.09. The van der Waals surface area contributed by atoms with Gasteiger partial charge in [-0.3, -0.25) is 9.80 Å². The summed E-state index contributed by atoms with van der Waals surface area (Å²) in [7, 11) is 0. The summed E-state index contributed by atoms with van der Waals surface area (Å²) in [6, 6.07) is 21.3. The number of rotatable bonds is 4. The summed E-state index contributed by atoms with van der Waals surface area (Å²) in [5.41, 5.74) is 2.82. The lowest BCUT2D eigenvalue weighted by Gasteiger charge is -2.23. The molecule has 0 N–H and O–H groups in total. The third-order valence-corrected chi connectivity index (χ3v) is 5.50. The van der Waals surface area contributed by atoms with E-state index in [2.05, 4.69) is 82.6 Å². The highest BCUT2D eigenvalue weighted by molar-refractivity contribution is 5.15. The van der Waals surface area contributed by atoms with Gasteiger partial charge < -0.3 is 4.74 Å². The third-order valence-electron chi connectivity index (χ3n) is 5.50. The summed E-state index contributed by atoms with van der Waals surface area (Å²) in [6.45, 7) is 6.79. The smallest absolute Gasteiger partial charge is 0.0969 e. The molecule has 2 unspecified atom stereocenters. The van der Waals surface area contributed by atoms with Gasteiger partial charge in [-0.05, 0) is 24.0 Å². The lowest BCUT2D eigenvalue weighted by Crippen LogP contribution is -2.33. The number of epoxide rings is 1. The second-order valence-electron chi connectivity index (χ2n) is 7.70. The lowest BCUT2D eigenvalue weighted by atomic mass is 10.1. The first kappa shape index (κ1) is 18.4. The van der Waals surface area contributed by atoms with Crippen molar-refractivity contribution in [3.05, 3.63) is 83.9 Å². The van der Waals surface area contributed by atoms with Gasteiger partial charge in [-0.15, -0.1) is 0 Å². The first-order valence-corrected chi connectivity index (χ1v) is 10.2. The number of benzene rings is 2. The van der Waals surface area contributed by atoms with Gasteiger partial charge in [-0.2, -0.15) is 0 Å². The maximum atomic E-state index is 5.50. The van der Waals surface area contributed by atoms with Crippen molar-refractivity contribution in [2.45, 2.75) is 38.1 Å². The van der Waals surface area contributed by atoms with Crippen LogP contribution < -0.4 is 0 Å². The van der Waals surface area contributed by atoms with Crippen molar-refractivity contribution in [2.75, 3.05) is 26.2 Å². The van der Waals surface area contributed by atoms with Crippen molar-refractivity contribution in [3.8, 4) is 0 Å². The molecule has 0 radical (unpaired) electrons. The van der Waals surface area contributed by atoms with E-state index >= 15 is 0 Å². The van der Waals surface area contributed by atoms with Crippen LogP contribution in [0.4, 0.5) is 0 Å². The zero-order valence-electron chi connectivity index (χ0n) is 16.0. The molecule has 3 heteroatoms. The fraction of sp³-hybridized carbons (Fsp3) is 0.417. The van der Waals surface area contributed by atoms with Crippen LogP contribution in [-0.4, -0.2) is 48.2 Å². The molecule has 2 atom stereocenters. The number of piperidine rings is 1.